The summed E-state index contributed by atoms with van der Waals surface area (Å²) in [6, 6.07) is 17.5. The van der Waals surface area contributed by atoms with E-state index in [4.69, 9.17) is 11.6 Å². The number of β-lactam (4-membered cyclic amide) rings is 1. The number of urea groups is 1. The molecule has 3 amide bonds. The van der Waals surface area contributed by atoms with E-state index in [0.717, 1.165) is 16.0 Å². The number of nitrogens with two attached hydrogens (primary N) is 2. The summed E-state index contributed by atoms with van der Waals surface area (Å²) in [6.45, 7) is 0. The van der Waals surface area contributed by atoms with Crippen molar-refractivity contribution in [2.24, 2.45) is 16.7 Å². The molecule has 26 heavy (non-hydrogen) atoms. The first-order valence-corrected chi connectivity index (χ1v) is 8.13. The minimum absolute atomic E-state index is 0.0817. The Labute approximate surface area is 150 Å². The minimum Gasteiger partial charge on any atom is -0.384 e. The van der Waals surface area contributed by atoms with Gasteiger partial charge in [0.1, 0.15) is 11.9 Å². The average Bonchev–Trinajstić information content (AvgIpc) is 2.65. The Morgan fingerprint density at radius 2 is 1.62 bits per heavy atom. The zero-order valence-corrected chi connectivity index (χ0v) is 14.0. The summed E-state index contributed by atoms with van der Waals surface area (Å²) in [5, 5.41) is 6.57. The number of benzene rings is 2. The van der Waals surface area contributed by atoms with Gasteiger partial charge in [0.25, 0.3) is 0 Å². The first kappa shape index (κ1) is 17.4. The maximum Gasteiger partial charge on any atom is 0.325 e. The fourth-order valence-electron chi connectivity index (χ4n) is 2.90. The van der Waals surface area contributed by atoms with Crippen LogP contribution in [0.2, 0.25) is 0 Å². The number of nitrogens with zero attached hydrogens (tertiary/aromatic N) is 2. The standard InChI is InChI=1S/C18H20N6O2/c19-17(22-23-20)14-11-15(25)24(14)18(26)21-16(12-7-3-1-4-8-12)13-9-5-2-6-10-13/h1-10,14,16,23H,11,20H2,(H2,19,22)(H,21,26). The smallest absolute Gasteiger partial charge is 0.325 e. The van der Waals surface area contributed by atoms with Crippen LogP contribution in [0.1, 0.15) is 23.6 Å². The van der Waals surface area contributed by atoms with Crippen LogP contribution in [0.4, 0.5) is 4.79 Å². The summed E-state index contributed by atoms with van der Waals surface area (Å²) < 4.78 is 0. The molecule has 0 aromatic heterocycles. The molecule has 0 saturated carbocycles. The third-order valence-corrected chi connectivity index (χ3v) is 4.24. The van der Waals surface area contributed by atoms with Gasteiger partial charge in [0.15, 0.2) is 0 Å². The molecule has 2 aromatic carbocycles. The zero-order chi connectivity index (χ0) is 18.5. The fraction of sp³-hybridized carbons (Fsp3) is 0.167. The molecule has 0 aliphatic carbocycles. The maximum absolute atomic E-state index is 12.7. The maximum atomic E-state index is 12.7. The summed E-state index contributed by atoms with van der Waals surface area (Å²) in [5.74, 6) is 4.88. The molecule has 1 fully saturated rings. The predicted molar refractivity (Wildman–Crippen MR) is 97.5 cm³/mol. The lowest BCUT2D eigenvalue weighted by molar-refractivity contribution is -0.137. The number of carbonyl (C=O) groups is 2. The number of hydrogen-bond donors (Lipinski definition) is 4. The molecule has 134 valence electrons. The van der Waals surface area contributed by atoms with Crippen LogP contribution in [0.5, 0.6) is 0 Å². The molecular formula is C18H20N6O2. The number of amidine groups is 1. The summed E-state index contributed by atoms with van der Waals surface area (Å²) in [5.41, 5.74) is 9.65. The summed E-state index contributed by atoms with van der Waals surface area (Å²) >= 11 is 0. The van der Waals surface area contributed by atoms with Gasteiger partial charge in [0.05, 0.1) is 12.5 Å². The number of hydrogen-bond acceptors (Lipinski definition) is 5. The third-order valence-electron chi connectivity index (χ3n) is 4.24. The van der Waals surface area contributed by atoms with Gasteiger partial charge >= 0.3 is 6.03 Å². The van der Waals surface area contributed by atoms with Crippen LogP contribution < -0.4 is 22.4 Å². The van der Waals surface area contributed by atoms with Gasteiger partial charge < -0.3 is 11.1 Å². The molecule has 3 rings (SSSR count). The van der Waals surface area contributed by atoms with Crippen molar-refractivity contribution in [2.75, 3.05) is 0 Å². The number of rotatable bonds is 5. The van der Waals surface area contributed by atoms with E-state index in [1.54, 1.807) is 0 Å². The Morgan fingerprint density at radius 1 is 1.08 bits per heavy atom. The Morgan fingerprint density at radius 3 is 2.08 bits per heavy atom. The minimum atomic E-state index is -0.606. The van der Waals surface area contributed by atoms with Crippen LogP contribution in [0.15, 0.2) is 65.8 Å². The van der Waals surface area contributed by atoms with Gasteiger partial charge in [-0.05, 0) is 11.1 Å². The van der Waals surface area contributed by atoms with E-state index >= 15 is 0 Å². The summed E-state index contributed by atoms with van der Waals surface area (Å²) in [4.78, 5) is 25.8. The summed E-state index contributed by atoms with van der Waals surface area (Å²) in [7, 11) is 0. The predicted octanol–water partition coefficient (Wildman–Crippen LogP) is 0.822. The number of imide groups is 1. The number of likely N-dealkylation sites (tertiary alicyclic amines) is 1. The van der Waals surface area contributed by atoms with Crippen molar-refractivity contribution < 1.29 is 9.59 Å². The molecule has 8 heteroatoms. The van der Waals surface area contributed by atoms with E-state index in [2.05, 4.69) is 16.0 Å². The fourth-order valence-corrected chi connectivity index (χ4v) is 2.90. The Hall–Kier alpha value is -3.39. The molecule has 0 radical (unpaired) electrons. The number of carbonyl (C=O) groups excluding carboxylic acids is 2. The molecule has 1 heterocycles. The van der Waals surface area contributed by atoms with Crippen molar-refractivity contribution in [1.82, 2.24) is 15.8 Å². The molecule has 1 unspecified atom stereocenters. The van der Waals surface area contributed by atoms with Crippen LogP contribution in [-0.2, 0) is 4.79 Å². The first-order chi connectivity index (χ1) is 12.6. The largest absolute Gasteiger partial charge is 0.384 e. The lowest BCUT2D eigenvalue weighted by Gasteiger charge is -2.38. The molecule has 1 saturated heterocycles. The van der Waals surface area contributed by atoms with Crippen LogP contribution in [0.3, 0.4) is 0 Å². The van der Waals surface area contributed by atoms with Gasteiger partial charge in [0.2, 0.25) is 5.91 Å². The monoisotopic (exact) mass is 352 g/mol. The lowest BCUT2D eigenvalue weighted by Crippen LogP contribution is -2.63. The first-order valence-electron chi connectivity index (χ1n) is 8.13. The van der Waals surface area contributed by atoms with Crippen LogP contribution in [0, 0.1) is 0 Å². The van der Waals surface area contributed by atoms with Gasteiger partial charge in [-0.25, -0.2) is 16.2 Å². The lowest BCUT2D eigenvalue weighted by atomic mass is 9.98. The molecule has 0 bridgehead atoms. The van der Waals surface area contributed by atoms with Crippen molar-refractivity contribution in [3.63, 3.8) is 0 Å². The zero-order valence-electron chi connectivity index (χ0n) is 14.0. The Kier molecular flexibility index (Phi) is 5.14. The van der Waals surface area contributed by atoms with Crippen molar-refractivity contribution in [3.05, 3.63) is 71.8 Å². The van der Waals surface area contributed by atoms with Crippen LogP contribution in [0.25, 0.3) is 0 Å². The molecule has 6 N–H and O–H groups in total. The highest BCUT2D eigenvalue weighted by Gasteiger charge is 2.44. The average molecular weight is 352 g/mol. The molecule has 1 aliphatic heterocycles. The van der Waals surface area contributed by atoms with Crippen LogP contribution >= 0.6 is 0 Å². The van der Waals surface area contributed by atoms with Gasteiger partial charge in [-0.3, -0.25) is 9.69 Å². The highest BCUT2D eigenvalue weighted by atomic mass is 16.2. The topological polar surface area (TPSA) is 126 Å². The van der Waals surface area contributed by atoms with Gasteiger partial charge in [0, 0.05) is 0 Å². The van der Waals surface area contributed by atoms with Crippen molar-refractivity contribution in [1.29, 1.82) is 0 Å². The van der Waals surface area contributed by atoms with E-state index in [0.29, 0.717) is 0 Å². The van der Waals surface area contributed by atoms with E-state index in [9.17, 15) is 9.59 Å². The number of hydrazine groups is 1. The second-order valence-electron chi connectivity index (χ2n) is 5.85. The quantitative estimate of drug-likeness (QED) is 0.208. The Bertz CT molecular complexity index is 769. The van der Waals surface area contributed by atoms with Crippen LogP contribution in [-0.4, -0.2) is 28.7 Å². The number of nitrogens with one attached hydrogen (secondary N) is 2. The third kappa shape index (κ3) is 3.50. The van der Waals surface area contributed by atoms with Crippen molar-refractivity contribution in [2.45, 2.75) is 18.5 Å². The normalized spacial score (nSPS) is 17.0. The van der Waals surface area contributed by atoms with E-state index in [-0.39, 0.29) is 18.2 Å². The highest BCUT2D eigenvalue weighted by Crippen LogP contribution is 2.25. The molecule has 2 aromatic rings. The summed E-state index contributed by atoms with van der Waals surface area (Å²) in [6.07, 6.45) is 0.117. The van der Waals surface area contributed by atoms with E-state index in [1.807, 2.05) is 60.7 Å². The molecular weight excluding hydrogens is 332 g/mol. The van der Waals surface area contributed by atoms with Crippen molar-refractivity contribution >= 4 is 17.8 Å². The van der Waals surface area contributed by atoms with Gasteiger partial charge in [-0.1, -0.05) is 60.7 Å². The second kappa shape index (κ2) is 7.66. The van der Waals surface area contributed by atoms with Gasteiger partial charge in [-0.15, -0.1) is 5.10 Å². The number of amides is 3. The highest BCUT2D eigenvalue weighted by molar-refractivity contribution is 6.08. The van der Waals surface area contributed by atoms with E-state index < -0.39 is 18.1 Å². The van der Waals surface area contributed by atoms with E-state index in [1.165, 1.54) is 0 Å². The Balaban J connectivity index is 1.84. The SMILES string of the molecule is NN/N=C(\N)C1CC(=O)N1C(=O)NC(c1ccccc1)c1ccccc1. The molecule has 1 atom stereocenters. The van der Waals surface area contributed by atoms with Crippen molar-refractivity contribution in [3.8, 4) is 0 Å². The van der Waals surface area contributed by atoms with Gasteiger partial charge in [-0.2, -0.15) is 0 Å². The second-order valence-corrected chi connectivity index (χ2v) is 5.85. The molecule has 8 nitrogen and oxygen atoms in total. The molecule has 1 aliphatic rings. The number of hydrazone groups is 1. The molecule has 0 spiro atoms.